The van der Waals surface area contributed by atoms with Crippen molar-refractivity contribution in [3.05, 3.63) is 83.9 Å². The molecule has 1 saturated carbocycles. The molecule has 2 unspecified atom stereocenters. The van der Waals surface area contributed by atoms with Crippen molar-refractivity contribution in [2.75, 3.05) is 72.6 Å². The van der Waals surface area contributed by atoms with Gasteiger partial charge < -0.3 is 41.3 Å². The van der Waals surface area contributed by atoms with Crippen LogP contribution in [0.15, 0.2) is 72.8 Å². The molecule has 6 aromatic rings. The van der Waals surface area contributed by atoms with Gasteiger partial charge in [0, 0.05) is 95.1 Å². The summed E-state index contributed by atoms with van der Waals surface area (Å²) in [6.07, 6.45) is -1.74. The van der Waals surface area contributed by atoms with Gasteiger partial charge in [0.05, 0.1) is 36.9 Å². The van der Waals surface area contributed by atoms with Gasteiger partial charge in [0.2, 0.25) is 0 Å². The summed E-state index contributed by atoms with van der Waals surface area (Å²) in [5.74, 6) is -1.09. The predicted octanol–water partition coefficient (Wildman–Crippen LogP) is 5.75. The molecule has 0 spiro atoms. The minimum Gasteiger partial charge on any atom is -0.398 e. The molecular formula is C38H38N6O2. The molecule has 46 heavy (non-hydrogen) atoms. The van der Waals surface area contributed by atoms with Crippen molar-refractivity contribution in [3.8, 4) is 0 Å². The van der Waals surface area contributed by atoms with E-state index in [1.54, 1.807) is 0 Å². The highest BCUT2D eigenvalue weighted by Gasteiger charge is 2.53. The van der Waals surface area contributed by atoms with Gasteiger partial charge in [0.15, 0.2) is 0 Å². The van der Waals surface area contributed by atoms with Crippen LogP contribution in [-0.4, -0.2) is 63.9 Å². The van der Waals surface area contributed by atoms with E-state index in [2.05, 4.69) is 96.3 Å². The summed E-state index contributed by atoms with van der Waals surface area (Å²) in [4.78, 5) is 8.99. The summed E-state index contributed by atoms with van der Waals surface area (Å²) in [5.41, 5.74) is 21.2. The van der Waals surface area contributed by atoms with E-state index in [1.807, 2.05) is 24.3 Å². The van der Waals surface area contributed by atoms with Gasteiger partial charge in [0.25, 0.3) is 0 Å². The minimum absolute atomic E-state index is 0.546. The molecule has 2 atom stereocenters. The molecule has 0 bridgehead atoms. The molecule has 6 aromatic carbocycles. The Morgan fingerprint density at radius 2 is 1.02 bits per heavy atom. The second kappa shape index (κ2) is 9.31. The molecule has 0 saturated heterocycles. The number of fused-ring (bicyclic) bond motifs is 4. The van der Waals surface area contributed by atoms with Crippen LogP contribution in [0, 0.1) is 0 Å². The summed E-state index contributed by atoms with van der Waals surface area (Å²) < 4.78 is 0. The number of hydrogen-bond acceptors (Lipinski definition) is 8. The lowest BCUT2D eigenvalue weighted by molar-refractivity contribution is -0.0765. The zero-order chi connectivity index (χ0) is 31.8. The van der Waals surface area contributed by atoms with Gasteiger partial charge in [-0.1, -0.05) is 48.5 Å². The Hall–Kier alpha value is -4.92. The normalized spacial score (nSPS) is 22.4. The van der Waals surface area contributed by atoms with Gasteiger partial charge in [-0.3, -0.25) is 0 Å². The lowest BCUT2D eigenvalue weighted by Crippen LogP contribution is -2.52. The number of nitrogens with two attached hydrogens (primary N) is 2. The van der Waals surface area contributed by atoms with E-state index in [-0.39, 0.29) is 0 Å². The van der Waals surface area contributed by atoms with E-state index in [1.165, 1.54) is 0 Å². The maximum atomic E-state index is 12.4. The van der Waals surface area contributed by atoms with Gasteiger partial charge >= 0.3 is 0 Å². The highest BCUT2D eigenvalue weighted by atomic mass is 16.3. The van der Waals surface area contributed by atoms with Crippen molar-refractivity contribution >= 4 is 77.2 Å². The van der Waals surface area contributed by atoms with Crippen molar-refractivity contribution in [2.24, 2.45) is 0 Å². The molecule has 6 N–H and O–H groups in total. The lowest BCUT2D eigenvalue weighted by atomic mass is 9.60. The summed E-state index contributed by atoms with van der Waals surface area (Å²) in [6.45, 7) is 1.49. The van der Waals surface area contributed by atoms with E-state index < -0.39 is 24.0 Å². The topological polar surface area (TPSA) is 105 Å². The summed E-state index contributed by atoms with van der Waals surface area (Å²) in [5, 5.41) is 33.0. The summed E-state index contributed by atoms with van der Waals surface area (Å²) in [6, 6.07) is 24.7. The standard InChI is InChI=1S/C38H38N6O2/c1-41-17-44(4)36-22-12-7-13-23(39)27(22)30(21-11-8-14-25(41)28(21)36)34-37(45)33(38(34)46)29-19-9-5-6-10-20(19)35-32-26(42(2)18-43(35)3)16-15-24(40)31(29)32/h5-16,33-34,37-38,45-46H,17-18,39-40H2,1-4H3. The van der Waals surface area contributed by atoms with Crippen molar-refractivity contribution in [2.45, 2.75) is 24.0 Å². The zero-order valence-corrected chi connectivity index (χ0v) is 26.5. The van der Waals surface area contributed by atoms with E-state index >= 15 is 0 Å². The van der Waals surface area contributed by atoms with Gasteiger partial charge in [-0.05, 0) is 46.2 Å². The van der Waals surface area contributed by atoms with Gasteiger partial charge in [-0.25, -0.2) is 0 Å². The maximum absolute atomic E-state index is 12.4. The smallest absolute Gasteiger partial charge is 0.0897 e. The number of benzene rings is 6. The van der Waals surface area contributed by atoms with Crippen molar-refractivity contribution in [1.29, 1.82) is 0 Å². The summed E-state index contributed by atoms with van der Waals surface area (Å²) >= 11 is 0. The first-order valence-electron chi connectivity index (χ1n) is 15.9. The molecule has 0 radical (unpaired) electrons. The third-order valence-electron chi connectivity index (χ3n) is 11.0. The van der Waals surface area contributed by atoms with Crippen LogP contribution < -0.4 is 31.1 Å². The van der Waals surface area contributed by atoms with E-state index in [4.69, 9.17) is 11.5 Å². The molecular weight excluding hydrogens is 572 g/mol. The largest absolute Gasteiger partial charge is 0.398 e. The number of hydrogen-bond donors (Lipinski definition) is 4. The molecule has 232 valence electrons. The van der Waals surface area contributed by atoms with Crippen LogP contribution in [0.5, 0.6) is 0 Å². The molecule has 2 aliphatic heterocycles. The quantitative estimate of drug-likeness (QED) is 0.145. The van der Waals surface area contributed by atoms with Gasteiger partial charge in [-0.15, -0.1) is 0 Å². The fraction of sp³-hybridized carbons (Fsp3) is 0.263. The molecule has 9 rings (SSSR count). The maximum Gasteiger partial charge on any atom is 0.0897 e. The molecule has 8 heteroatoms. The Kier molecular flexibility index (Phi) is 5.55. The molecule has 0 amide bonds. The summed E-state index contributed by atoms with van der Waals surface area (Å²) in [7, 11) is 8.40. The van der Waals surface area contributed by atoms with Crippen LogP contribution in [0.1, 0.15) is 23.0 Å². The van der Waals surface area contributed by atoms with E-state index in [0.717, 1.165) is 90.3 Å². The van der Waals surface area contributed by atoms with Crippen LogP contribution in [0.2, 0.25) is 0 Å². The monoisotopic (exact) mass is 610 g/mol. The molecule has 1 fully saturated rings. The van der Waals surface area contributed by atoms with Gasteiger partial charge in [0.1, 0.15) is 0 Å². The second-order valence-corrected chi connectivity index (χ2v) is 13.6. The predicted molar refractivity (Wildman–Crippen MR) is 193 cm³/mol. The third kappa shape index (κ3) is 3.30. The van der Waals surface area contributed by atoms with Crippen LogP contribution in [-0.2, 0) is 0 Å². The highest BCUT2D eigenvalue weighted by Crippen LogP contribution is 2.59. The number of anilines is 6. The average Bonchev–Trinajstić information content (AvgIpc) is 3.03. The van der Waals surface area contributed by atoms with Crippen molar-refractivity contribution in [1.82, 2.24) is 0 Å². The SMILES string of the molecule is CN1CN(C)c2c3cccc(N)c3c(C3C(O)C(c4c5ccccc5c5c6c(ccc(N)c46)N(C)CN5C)C3O)c3cccc1c23. The van der Waals surface area contributed by atoms with E-state index in [0.29, 0.717) is 11.4 Å². The number of aliphatic hydroxyl groups is 2. The molecule has 3 aliphatic rings. The first kappa shape index (κ1) is 27.4. The highest BCUT2D eigenvalue weighted by molar-refractivity contribution is 6.23. The number of nitrogens with zero attached hydrogens (tertiary/aromatic N) is 4. The molecule has 2 heterocycles. The lowest BCUT2D eigenvalue weighted by Gasteiger charge is -2.49. The van der Waals surface area contributed by atoms with Crippen molar-refractivity contribution in [3.63, 3.8) is 0 Å². The fourth-order valence-corrected chi connectivity index (χ4v) is 9.12. The Bertz CT molecular complexity index is 2260. The molecule has 1 aliphatic carbocycles. The van der Waals surface area contributed by atoms with Crippen LogP contribution >= 0.6 is 0 Å². The first-order chi connectivity index (χ1) is 22.2. The molecule has 8 nitrogen and oxygen atoms in total. The zero-order valence-electron chi connectivity index (χ0n) is 26.5. The second-order valence-electron chi connectivity index (χ2n) is 13.6. The first-order valence-corrected chi connectivity index (χ1v) is 15.9. The number of nitrogen functional groups attached to an aromatic ring is 2. The number of rotatable bonds is 2. The van der Waals surface area contributed by atoms with Crippen LogP contribution in [0.4, 0.5) is 34.1 Å². The Labute approximate surface area is 267 Å². The fourth-order valence-electron chi connectivity index (χ4n) is 9.12. The van der Waals surface area contributed by atoms with Crippen LogP contribution in [0.3, 0.4) is 0 Å². The number of aliphatic hydroxyl groups excluding tert-OH is 2. The van der Waals surface area contributed by atoms with Gasteiger partial charge in [-0.2, -0.15) is 0 Å². The van der Waals surface area contributed by atoms with Crippen LogP contribution in [0.25, 0.3) is 43.1 Å². The minimum atomic E-state index is -0.868. The third-order valence-corrected chi connectivity index (χ3v) is 11.0. The molecule has 0 aromatic heterocycles. The van der Waals surface area contributed by atoms with Crippen molar-refractivity contribution < 1.29 is 10.2 Å². The Morgan fingerprint density at radius 1 is 0.500 bits per heavy atom. The van der Waals surface area contributed by atoms with E-state index in [9.17, 15) is 10.2 Å². The Morgan fingerprint density at radius 3 is 1.72 bits per heavy atom. The Balaban J connectivity index is 1.32. The average molecular weight is 611 g/mol.